The minimum Gasteiger partial charge on any atom is -0.496 e. The maximum absolute atomic E-state index is 5.98. The van der Waals surface area contributed by atoms with Crippen molar-refractivity contribution in [1.29, 1.82) is 0 Å². The van der Waals surface area contributed by atoms with E-state index >= 15 is 0 Å². The maximum Gasteiger partial charge on any atom is 0.121 e. The van der Waals surface area contributed by atoms with Crippen LogP contribution in [0.3, 0.4) is 0 Å². The van der Waals surface area contributed by atoms with Crippen molar-refractivity contribution in [3.63, 3.8) is 0 Å². The molecule has 3 N–H and O–H groups in total. The van der Waals surface area contributed by atoms with Crippen LogP contribution in [0.4, 0.5) is 17.1 Å². The predicted molar refractivity (Wildman–Crippen MR) is 76.6 cm³/mol. The normalized spacial score (nSPS) is 10.2. The molecule has 2 aromatic rings. The summed E-state index contributed by atoms with van der Waals surface area (Å²) in [7, 11) is 1.67. The quantitative estimate of drug-likeness (QED) is 0.808. The number of benzene rings is 2. The molecule has 0 unspecified atom stereocenters. The first kappa shape index (κ1) is 12.3. The van der Waals surface area contributed by atoms with E-state index in [1.807, 2.05) is 50.2 Å². The third-order valence-corrected chi connectivity index (χ3v) is 2.88. The summed E-state index contributed by atoms with van der Waals surface area (Å²) in [6, 6.07) is 11.9. The van der Waals surface area contributed by atoms with Gasteiger partial charge in [-0.05, 0) is 55.3 Å². The summed E-state index contributed by atoms with van der Waals surface area (Å²) >= 11 is 0. The second-order valence-corrected chi connectivity index (χ2v) is 4.40. The molecule has 0 saturated carbocycles. The predicted octanol–water partition coefficient (Wildman–Crippen LogP) is 3.64. The van der Waals surface area contributed by atoms with Crippen LogP contribution in [0, 0.1) is 13.8 Å². The zero-order valence-electron chi connectivity index (χ0n) is 10.9. The van der Waals surface area contributed by atoms with Crippen LogP contribution in [-0.4, -0.2) is 7.11 Å². The van der Waals surface area contributed by atoms with Gasteiger partial charge in [-0.25, -0.2) is 0 Å². The molecule has 0 amide bonds. The maximum atomic E-state index is 5.98. The number of ether oxygens (including phenoxy) is 1. The SMILES string of the molecule is COc1ccc(Nc2ccc(C)cc2N)cc1C. The first-order valence-corrected chi connectivity index (χ1v) is 5.88. The Labute approximate surface area is 108 Å². The highest BCUT2D eigenvalue weighted by atomic mass is 16.5. The molecule has 0 fully saturated rings. The number of nitrogens with two attached hydrogens (primary N) is 1. The fourth-order valence-corrected chi connectivity index (χ4v) is 1.91. The van der Waals surface area contributed by atoms with Gasteiger partial charge in [-0.3, -0.25) is 0 Å². The van der Waals surface area contributed by atoms with Crippen LogP contribution in [0.2, 0.25) is 0 Å². The van der Waals surface area contributed by atoms with Crippen LogP contribution in [0.25, 0.3) is 0 Å². The lowest BCUT2D eigenvalue weighted by Crippen LogP contribution is -1.97. The number of hydrogen-bond donors (Lipinski definition) is 2. The van der Waals surface area contributed by atoms with Crippen molar-refractivity contribution < 1.29 is 4.74 Å². The molecule has 3 nitrogen and oxygen atoms in total. The first-order valence-electron chi connectivity index (χ1n) is 5.88. The van der Waals surface area contributed by atoms with E-state index in [-0.39, 0.29) is 0 Å². The van der Waals surface area contributed by atoms with Gasteiger partial charge in [0.1, 0.15) is 5.75 Å². The van der Waals surface area contributed by atoms with E-state index < -0.39 is 0 Å². The minimum atomic E-state index is 0.753. The summed E-state index contributed by atoms with van der Waals surface area (Å²) in [6.07, 6.45) is 0. The molecule has 0 saturated heterocycles. The Morgan fingerprint density at radius 1 is 1.06 bits per heavy atom. The molecule has 0 aromatic heterocycles. The van der Waals surface area contributed by atoms with Crippen molar-refractivity contribution in [1.82, 2.24) is 0 Å². The molecular weight excluding hydrogens is 224 g/mol. The zero-order chi connectivity index (χ0) is 13.1. The smallest absolute Gasteiger partial charge is 0.121 e. The van der Waals surface area contributed by atoms with Crippen molar-refractivity contribution in [3.05, 3.63) is 47.5 Å². The van der Waals surface area contributed by atoms with Crippen LogP contribution < -0.4 is 15.8 Å². The Hall–Kier alpha value is -2.16. The summed E-state index contributed by atoms with van der Waals surface area (Å²) in [5.74, 6) is 0.887. The second-order valence-electron chi connectivity index (χ2n) is 4.40. The molecule has 0 radical (unpaired) electrons. The van der Waals surface area contributed by atoms with E-state index in [0.717, 1.165) is 33.9 Å². The van der Waals surface area contributed by atoms with E-state index in [0.29, 0.717) is 0 Å². The lowest BCUT2D eigenvalue weighted by Gasteiger charge is -2.12. The van der Waals surface area contributed by atoms with Crippen molar-refractivity contribution in [2.75, 3.05) is 18.2 Å². The summed E-state index contributed by atoms with van der Waals surface area (Å²) in [5, 5.41) is 3.31. The largest absolute Gasteiger partial charge is 0.496 e. The summed E-state index contributed by atoms with van der Waals surface area (Å²) in [4.78, 5) is 0. The topological polar surface area (TPSA) is 47.3 Å². The first-order chi connectivity index (χ1) is 8.60. The van der Waals surface area contributed by atoms with Crippen LogP contribution in [0.1, 0.15) is 11.1 Å². The van der Waals surface area contributed by atoms with Gasteiger partial charge >= 0.3 is 0 Å². The highest BCUT2D eigenvalue weighted by Crippen LogP contribution is 2.27. The number of methoxy groups -OCH3 is 1. The van der Waals surface area contributed by atoms with E-state index in [4.69, 9.17) is 10.5 Å². The number of aryl methyl sites for hydroxylation is 2. The average molecular weight is 242 g/mol. The fourth-order valence-electron chi connectivity index (χ4n) is 1.91. The Balaban J connectivity index is 2.26. The van der Waals surface area contributed by atoms with Gasteiger partial charge in [-0.2, -0.15) is 0 Å². The number of hydrogen-bond acceptors (Lipinski definition) is 3. The van der Waals surface area contributed by atoms with Gasteiger partial charge in [-0.1, -0.05) is 6.07 Å². The molecule has 3 heteroatoms. The standard InChI is InChI=1S/C15H18N2O/c1-10-4-6-14(13(16)8-10)17-12-5-7-15(18-3)11(2)9-12/h4-9,17H,16H2,1-3H3. The third-order valence-electron chi connectivity index (χ3n) is 2.88. The van der Waals surface area contributed by atoms with E-state index in [1.165, 1.54) is 0 Å². The Morgan fingerprint density at radius 2 is 1.83 bits per heavy atom. The molecule has 0 bridgehead atoms. The molecule has 94 valence electrons. The lowest BCUT2D eigenvalue weighted by atomic mass is 10.1. The molecule has 0 aliphatic carbocycles. The van der Waals surface area contributed by atoms with Gasteiger partial charge < -0.3 is 15.8 Å². The highest BCUT2D eigenvalue weighted by molar-refractivity contribution is 5.73. The van der Waals surface area contributed by atoms with Crippen LogP contribution >= 0.6 is 0 Å². The van der Waals surface area contributed by atoms with Gasteiger partial charge in [0.2, 0.25) is 0 Å². The monoisotopic (exact) mass is 242 g/mol. The van der Waals surface area contributed by atoms with Gasteiger partial charge in [0, 0.05) is 5.69 Å². The van der Waals surface area contributed by atoms with Gasteiger partial charge in [-0.15, -0.1) is 0 Å². The number of nitrogens with one attached hydrogen (secondary N) is 1. The highest BCUT2D eigenvalue weighted by Gasteiger charge is 2.02. The molecule has 0 aliphatic heterocycles. The zero-order valence-corrected chi connectivity index (χ0v) is 10.9. The molecule has 18 heavy (non-hydrogen) atoms. The van der Waals surface area contributed by atoms with E-state index in [2.05, 4.69) is 5.32 Å². The molecule has 0 atom stereocenters. The molecular formula is C15H18N2O. The molecule has 0 heterocycles. The number of anilines is 3. The van der Waals surface area contributed by atoms with Crippen molar-refractivity contribution in [3.8, 4) is 5.75 Å². The molecule has 2 aromatic carbocycles. The van der Waals surface area contributed by atoms with Crippen LogP contribution in [0.5, 0.6) is 5.75 Å². The average Bonchev–Trinajstić information content (AvgIpc) is 2.33. The van der Waals surface area contributed by atoms with Crippen molar-refractivity contribution in [2.24, 2.45) is 0 Å². The van der Waals surface area contributed by atoms with Crippen LogP contribution in [0.15, 0.2) is 36.4 Å². The van der Waals surface area contributed by atoms with E-state index in [9.17, 15) is 0 Å². The molecule has 2 rings (SSSR count). The summed E-state index contributed by atoms with van der Waals surface area (Å²) < 4.78 is 5.24. The summed E-state index contributed by atoms with van der Waals surface area (Å²) in [5.41, 5.74) is 10.9. The minimum absolute atomic E-state index is 0.753. The number of rotatable bonds is 3. The third kappa shape index (κ3) is 2.56. The van der Waals surface area contributed by atoms with E-state index in [1.54, 1.807) is 7.11 Å². The summed E-state index contributed by atoms with van der Waals surface area (Å²) in [6.45, 7) is 4.04. The number of nitrogen functional groups attached to an aromatic ring is 1. The lowest BCUT2D eigenvalue weighted by molar-refractivity contribution is 0.412. The molecule has 0 aliphatic rings. The van der Waals surface area contributed by atoms with Crippen molar-refractivity contribution in [2.45, 2.75) is 13.8 Å². The van der Waals surface area contributed by atoms with Gasteiger partial charge in [0.25, 0.3) is 0 Å². The second kappa shape index (κ2) is 5.00. The van der Waals surface area contributed by atoms with Gasteiger partial charge in [0.05, 0.1) is 18.5 Å². The van der Waals surface area contributed by atoms with Gasteiger partial charge in [0.15, 0.2) is 0 Å². The Morgan fingerprint density at radius 3 is 2.44 bits per heavy atom. The van der Waals surface area contributed by atoms with Crippen molar-refractivity contribution >= 4 is 17.1 Å². The molecule has 0 spiro atoms. The fraction of sp³-hybridized carbons (Fsp3) is 0.200. The Kier molecular flexibility index (Phi) is 3.42. The van der Waals surface area contributed by atoms with Crippen LogP contribution in [-0.2, 0) is 0 Å². The Bertz CT molecular complexity index is 564.